The lowest BCUT2D eigenvalue weighted by Crippen LogP contribution is -2.48. The first kappa shape index (κ1) is 12.8. The first-order valence-electron chi connectivity index (χ1n) is 6.28. The molecule has 0 bridgehead atoms. The van der Waals surface area contributed by atoms with Crippen LogP contribution in [0.25, 0.3) is 0 Å². The van der Waals surface area contributed by atoms with Crippen molar-refractivity contribution in [3.05, 3.63) is 5.82 Å². The van der Waals surface area contributed by atoms with Crippen LogP contribution < -0.4 is 4.90 Å². The average molecular weight is 255 g/mol. The van der Waals surface area contributed by atoms with Crippen LogP contribution >= 0.6 is 11.5 Å². The van der Waals surface area contributed by atoms with Crippen molar-refractivity contribution in [3.63, 3.8) is 0 Å². The van der Waals surface area contributed by atoms with E-state index in [1.807, 2.05) is 0 Å². The molecule has 1 fully saturated rings. The van der Waals surface area contributed by atoms with Gasteiger partial charge in [-0.3, -0.25) is 0 Å². The van der Waals surface area contributed by atoms with E-state index in [4.69, 9.17) is 4.74 Å². The molecule has 1 saturated heterocycles. The molecule has 0 spiro atoms. The summed E-state index contributed by atoms with van der Waals surface area (Å²) in [7, 11) is 0. The molecular weight excluding hydrogens is 234 g/mol. The third kappa shape index (κ3) is 2.96. The highest BCUT2D eigenvalue weighted by Crippen LogP contribution is 2.25. The molecule has 5 heteroatoms. The number of ether oxygens (including phenoxy) is 1. The number of rotatable bonds is 3. The van der Waals surface area contributed by atoms with Gasteiger partial charge < -0.3 is 9.64 Å². The molecule has 2 unspecified atom stereocenters. The molecule has 0 aromatic carbocycles. The van der Waals surface area contributed by atoms with Crippen LogP contribution in [0.1, 0.15) is 33.5 Å². The SMILES string of the molecule is CC(C)Cc1nsc(N2CCOC(C)C2C)n1. The Balaban J connectivity index is 2.08. The molecule has 1 aliphatic rings. The van der Waals surface area contributed by atoms with Crippen molar-refractivity contribution in [1.82, 2.24) is 9.36 Å². The van der Waals surface area contributed by atoms with Crippen LogP contribution in [-0.4, -0.2) is 34.7 Å². The zero-order valence-corrected chi connectivity index (χ0v) is 11.8. The lowest BCUT2D eigenvalue weighted by atomic mass is 10.1. The number of morpholine rings is 1. The van der Waals surface area contributed by atoms with E-state index in [1.165, 1.54) is 11.5 Å². The summed E-state index contributed by atoms with van der Waals surface area (Å²) >= 11 is 1.51. The normalized spacial score (nSPS) is 25.6. The van der Waals surface area contributed by atoms with Crippen molar-refractivity contribution < 1.29 is 4.74 Å². The number of nitrogens with zero attached hydrogens (tertiary/aromatic N) is 3. The number of hydrogen-bond donors (Lipinski definition) is 0. The molecule has 0 saturated carbocycles. The molecule has 2 rings (SSSR count). The van der Waals surface area contributed by atoms with Crippen LogP contribution in [0.3, 0.4) is 0 Å². The fourth-order valence-corrected chi connectivity index (χ4v) is 2.82. The van der Waals surface area contributed by atoms with Crippen LogP contribution in [-0.2, 0) is 11.2 Å². The fraction of sp³-hybridized carbons (Fsp3) is 0.833. The minimum Gasteiger partial charge on any atom is -0.375 e. The van der Waals surface area contributed by atoms with E-state index in [2.05, 4.69) is 42.0 Å². The second-order valence-electron chi connectivity index (χ2n) is 5.10. The molecule has 2 atom stereocenters. The van der Waals surface area contributed by atoms with Gasteiger partial charge in [-0.25, -0.2) is 4.98 Å². The van der Waals surface area contributed by atoms with E-state index in [-0.39, 0.29) is 6.10 Å². The van der Waals surface area contributed by atoms with Gasteiger partial charge in [0, 0.05) is 24.5 Å². The minimum atomic E-state index is 0.265. The van der Waals surface area contributed by atoms with Gasteiger partial charge in [-0.2, -0.15) is 4.37 Å². The lowest BCUT2D eigenvalue weighted by Gasteiger charge is -2.37. The van der Waals surface area contributed by atoms with E-state index in [1.54, 1.807) is 0 Å². The summed E-state index contributed by atoms with van der Waals surface area (Å²) in [4.78, 5) is 6.95. The predicted octanol–water partition coefficient (Wildman–Crippen LogP) is 2.35. The van der Waals surface area contributed by atoms with Gasteiger partial charge in [-0.1, -0.05) is 13.8 Å². The average Bonchev–Trinajstić information content (AvgIpc) is 2.69. The van der Waals surface area contributed by atoms with Gasteiger partial charge in [0.25, 0.3) is 0 Å². The van der Waals surface area contributed by atoms with Gasteiger partial charge >= 0.3 is 0 Å². The Kier molecular flexibility index (Phi) is 3.99. The maximum absolute atomic E-state index is 5.63. The quantitative estimate of drug-likeness (QED) is 0.831. The number of hydrogen-bond acceptors (Lipinski definition) is 5. The summed E-state index contributed by atoms with van der Waals surface area (Å²) in [6, 6.07) is 0.378. The third-order valence-electron chi connectivity index (χ3n) is 3.18. The first-order valence-corrected chi connectivity index (χ1v) is 7.06. The van der Waals surface area contributed by atoms with Crippen molar-refractivity contribution in [2.45, 2.75) is 46.3 Å². The van der Waals surface area contributed by atoms with Crippen molar-refractivity contribution >= 4 is 16.7 Å². The summed E-state index contributed by atoms with van der Waals surface area (Å²) in [5.74, 6) is 1.59. The molecule has 1 aliphatic heterocycles. The Labute approximate surface area is 107 Å². The largest absolute Gasteiger partial charge is 0.375 e. The Morgan fingerprint density at radius 2 is 2.24 bits per heavy atom. The molecule has 17 heavy (non-hydrogen) atoms. The molecule has 2 heterocycles. The predicted molar refractivity (Wildman–Crippen MR) is 70.7 cm³/mol. The zero-order chi connectivity index (χ0) is 12.4. The molecule has 0 aliphatic carbocycles. The Morgan fingerprint density at radius 1 is 1.47 bits per heavy atom. The highest BCUT2D eigenvalue weighted by molar-refractivity contribution is 7.09. The maximum Gasteiger partial charge on any atom is 0.205 e. The van der Waals surface area contributed by atoms with Crippen molar-refractivity contribution in [3.8, 4) is 0 Å². The van der Waals surface area contributed by atoms with Crippen LogP contribution in [0, 0.1) is 5.92 Å². The molecule has 96 valence electrons. The van der Waals surface area contributed by atoms with Gasteiger partial charge in [0.15, 0.2) is 0 Å². The van der Waals surface area contributed by atoms with Gasteiger partial charge in [-0.05, 0) is 19.8 Å². The van der Waals surface area contributed by atoms with Crippen molar-refractivity contribution in [2.75, 3.05) is 18.1 Å². The van der Waals surface area contributed by atoms with Crippen LogP contribution in [0.2, 0.25) is 0 Å². The van der Waals surface area contributed by atoms with Crippen molar-refractivity contribution in [1.29, 1.82) is 0 Å². The zero-order valence-electron chi connectivity index (χ0n) is 11.0. The molecular formula is C12H21N3OS. The molecule has 1 aromatic heterocycles. The minimum absolute atomic E-state index is 0.265. The van der Waals surface area contributed by atoms with Crippen LogP contribution in [0.5, 0.6) is 0 Å². The number of aromatic nitrogens is 2. The lowest BCUT2D eigenvalue weighted by molar-refractivity contribution is 0.0284. The van der Waals surface area contributed by atoms with Crippen LogP contribution in [0.15, 0.2) is 0 Å². The second kappa shape index (κ2) is 5.31. The molecule has 0 N–H and O–H groups in total. The summed E-state index contributed by atoms with van der Waals surface area (Å²) < 4.78 is 10.1. The van der Waals surface area contributed by atoms with E-state index >= 15 is 0 Å². The summed E-state index contributed by atoms with van der Waals surface area (Å²) in [5, 5.41) is 1.04. The molecule has 4 nitrogen and oxygen atoms in total. The number of anilines is 1. The summed E-state index contributed by atoms with van der Waals surface area (Å²) in [5.41, 5.74) is 0. The standard InChI is InChI=1S/C12H21N3OS/c1-8(2)7-11-13-12(17-14-11)15-5-6-16-10(4)9(15)3/h8-10H,5-7H2,1-4H3. The highest BCUT2D eigenvalue weighted by Gasteiger charge is 2.27. The van der Waals surface area contributed by atoms with Gasteiger partial charge in [0.1, 0.15) is 5.82 Å². The fourth-order valence-electron chi connectivity index (χ4n) is 2.01. The smallest absolute Gasteiger partial charge is 0.205 e. The maximum atomic E-state index is 5.63. The Morgan fingerprint density at radius 3 is 2.94 bits per heavy atom. The molecule has 1 aromatic rings. The summed E-state index contributed by atoms with van der Waals surface area (Å²) in [6.45, 7) is 10.4. The van der Waals surface area contributed by atoms with E-state index in [0.29, 0.717) is 12.0 Å². The van der Waals surface area contributed by atoms with E-state index in [9.17, 15) is 0 Å². The van der Waals surface area contributed by atoms with Gasteiger partial charge in [0.05, 0.1) is 18.8 Å². The summed E-state index contributed by atoms with van der Waals surface area (Å²) in [6.07, 6.45) is 1.23. The highest BCUT2D eigenvalue weighted by atomic mass is 32.1. The van der Waals surface area contributed by atoms with E-state index < -0.39 is 0 Å². The van der Waals surface area contributed by atoms with Crippen LogP contribution in [0.4, 0.5) is 5.13 Å². The van der Waals surface area contributed by atoms with Gasteiger partial charge in [0.2, 0.25) is 5.13 Å². The van der Waals surface area contributed by atoms with E-state index in [0.717, 1.165) is 30.5 Å². The Bertz CT molecular complexity index is 366. The third-order valence-corrected chi connectivity index (χ3v) is 3.97. The Hall–Kier alpha value is -0.680. The molecule has 0 radical (unpaired) electrons. The monoisotopic (exact) mass is 255 g/mol. The van der Waals surface area contributed by atoms with Gasteiger partial charge in [-0.15, -0.1) is 0 Å². The topological polar surface area (TPSA) is 38.2 Å². The second-order valence-corrected chi connectivity index (χ2v) is 5.83. The van der Waals surface area contributed by atoms with Crippen molar-refractivity contribution in [2.24, 2.45) is 5.92 Å². The molecule has 0 amide bonds. The first-order chi connectivity index (χ1) is 8.08.